The molecule has 19 heavy (non-hydrogen) atoms. The quantitative estimate of drug-likeness (QED) is 0.364. The molecule has 110 valence electrons. The molecule has 0 spiro atoms. The maximum absolute atomic E-state index is 10.9. The van der Waals surface area contributed by atoms with Gasteiger partial charge in [0, 0.05) is 11.9 Å². The van der Waals surface area contributed by atoms with E-state index in [-0.39, 0.29) is 0 Å². The smallest absolute Gasteiger partial charge is 0.335 e. The zero-order valence-corrected chi connectivity index (χ0v) is 9.46. The summed E-state index contributed by atoms with van der Waals surface area (Å²) in [5.41, 5.74) is 0. The fraction of sp³-hybridized carbons (Fsp3) is 0.800. The van der Waals surface area contributed by atoms with Crippen LogP contribution in [0.25, 0.3) is 0 Å². The van der Waals surface area contributed by atoms with Gasteiger partial charge in [0.25, 0.3) is 0 Å². The van der Waals surface area contributed by atoms with Crippen LogP contribution in [0.4, 0.5) is 0 Å². The van der Waals surface area contributed by atoms with E-state index in [0.717, 1.165) is 0 Å². The zero-order valence-electron chi connectivity index (χ0n) is 13.5. The minimum absolute atomic E-state index is 1.22. The van der Waals surface area contributed by atoms with Crippen LogP contribution in [0.1, 0.15) is 18.2 Å². The van der Waals surface area contributed by atoms with Crippen molar-refractivity contribution >= 4 is 11.9 Å². The molecule has 5 atom stereocenters. The Morgan fingerprint density at radius 3 is 2.32 bits per heavy atom. The fourth-order valence-electron chi connectivity index (χ4n) is 1.43. The molecule has 0 aromatic carbocycles. The largest absolute Gasteiger partial charge is 0.481 e. The van der Waals surface area contributed by atoms with Gasteiger partial charge in [0.1, 0.15) is 18.3 Å². The van der Waals surface area contributed by atoms with Crippen molar-refractivity contribution in [2.24, 2.45) is 0 Å². The van der Waals surface area contributed by atoms with E-state index in [1.54, 1.807) is 0 Å². The lowest BCUT2D eigenvalue weighted by Gasteiger charge is -2.38. The van der Waals surface area contributed by atoms with Crippen molar-refractivity contribution in [2.75, 3.05) is 6.61 Å². The van der Waals surface area contributed by atoms with Crippen molar-refractivity contribution < 1.29 is 50.1 Å². The first kappa shape index (κ1) is 10.5. The lowest BCUT2D eigenvalue weighted by molar-refractivity contribution is -0.294. The summed E-state index contributed by atoms with van der Waals surface area (Å²) in [7, 11) is 0. The lowest BCUT2D eigenvalue weighted by atomic mass is 9.99. The monoisotopic (exact) mass is 284 g/mol. The fourth-order valence-corrected chi connectivity index (χ4v) is 1.43. The van der Waals surface area contributed by atoms with Crippen molar-refractivity contribution in [3.05, 3.63) is 0 Å². The SMILES string of the molecule is [2H]C([2H])(CO[C@@H]1O[C@H](C(=O)O)[C@@H](O)[C@H](O)[C@H]1O)C([2H])([2H])C(=O)O. The highest BCUT2D eigenvalue weighted by atomic mass is 16.7. The Kier molecular flexibility index (Phi) is 3.75. The normalized spacial score (nSPS) is 39.6. The molecule has 0 saturated carbocycles. The van der Waals surface area contributed by atoms with Gasteiger partial charge in [-0.2, -0.15) is 0 Å². The van der Waals surface area contributed by atoms with Crippen molar-refractivity contribution in [1.82, 2.24) is 0 Å². The molecule has 9 heteroatoms. The van der Waals surface area contributed by atoms with Gasteiger partial charge in [-0.1, -0.05) is 0 Å². The third kappa shape index (κ3) is 4.11. The number of aliphatic hydroxyl groups excluding tert-OH is 3. The number of aliphatic carboxylic acids is 2. The number of carbonyl (C=O) groups is 2. The molecule has 1 heterocycles. The summed E-state index contributed by atoms with van der Waals surface area (Å²) in [6.07, 6.45) is -16.2. The molecule has 0 aromatic rings. The van der Waals surface area contributed by atoms with Gasteiger partial charge in [-0.15, -0.1) is 0 Å². The Labute approximate surface area is 113 Å². The molecule has 5 N–H and O–H groups in total. The summed E-state index contributed by atoms with van der Waals surface area (Å²) in [5, 5.41) is 46.1. The molecule has 0 aliphatic carbocycles. The Hall–Kier alpha value is -1.26. The number of hydrogen-bond donors (Lipinski definition) is 5. The number of carboxylic acid groups (broad SMARTS) is 2. The number of ether oxygens (including phenoxy) is 2. The van der Waals surface area contributed by atoms with Crippen molar-refractivity contribution in [2.45, 2.75) is 43.5 Å². The summed E-state index contributed by atoms with van der Waals surface area (Å²) in [6.45, 7) is -1.22. The van der Waals surface area contributed by atoms with E-state index in [0.29, 0.717) is 0 Å². The molecular formula is C10H16O9. The number of hydrogen-bond acceptors (Lipinski definition) is 7. The average Bonchev–Trinajstić information content (AvgIpc) is 2.43. The summed E-state index contributed by atoms with van der Waals surface area (Å²) in [5.74, 6) is -3.77. The Balaban J connectivity index is 2.83. The second-order valence-electron chi connectivity index (χ2n) is 3.65. The van der Waals surface area contributed by atoms with E-state index in [2.05, 4.69) is 0 Å². The Morgan fingerprint density at radius 1 is 1.16 bits per heavy atom. The summed E-state index contributed by atoms with van der Waals surface area (Å²) in [4.78, 5) is 21.6. The number of rotatable bonds is 6. The topological polar surface area (TPSA) is 154 Å². The van der Waals surface area contributed by atoms with E-state index in [1.807, 2.05) is 0 Å². The van der Waals surface area contributed by atoms with Gasteiger partial charge in [0.05, 0.1) is 6.61 Å². The molecule has 0 amide bonds. The predicted octanol–water partition coefficient (Wildman–Crippen LogP) is -2.24. The van der Waals surface area contributed by atoms with E-state index in [4.69, 9.17) is 25.2 Å². The van der Waals surface area contributed by atoms with E-state index in [9.17, 15) is 24.9 Å². The molecule has 0 bridgehead atoms. The Morgan fingerprint density at radius 2 is 1.79 bits per heavy atom. The minimum Gasteiger partial charge on any atom is -0.481 e. The van der Waals surface area contributed by atoms with Gasteiger partial charge in [0.2, 0.25) is 0 Å². The Bertz CT molecular complexity index is 471. The first-order valence-corrected chi connectivity index (χ1v) is 5.10. The van der Waals surface area contributed by atoms with Gasteiger partial charge in [-0.3, -0.25) is 4.79 Å². The van der Waals surface area contributed by atoms with Crippen molar-refractivity contribution in [3.8, 4) is 0 Å². The highest BCUT2D eigenvalue weighted by molar-refractivity contribution is 5.73. The minimum atomic E-state index is -3.34. The maximum Gasteiger partial charge on any atom is 0.335 e. The van der Waals surface area contributed by atoms with Gasteiger partial charge >= 0.3 is 11.9 Å². The van der Waals surface area contributed by atoms with Crippen molar-refractivity contribution in [1.29, 1.82) is 0 Å². The van der Waals surface area contributed by atoms with Crippen LogP contribution in [0.5, 0.6) is 0 Å². The molecular weight excluding hydrogens is 264 g/mol. The molecule has 0 aromatic heterocycles. The van der Waals surface area contributed by atoms with E-state index in [1.165, 1.54) is 0 Å². The van der Waals surface area contributed by atoms with E-state index < -0.39 is 62.0 Å². The van der Waals surface area contributed by atoms with Gasteiger partial charge < -0.3 is 35.0 Å². The number of carboxylic acids is 2. The van der Waals surface area contributed by atoms with Crippen LogP contribution in [0.3, 0.4) is 0 Å². The average molecular weight is 284 g/mol. The van der Waals surface area contributed by atoms with Crippen LogP contribution >= 0.6 is 0 Å². The highest BCUT2D eigenvalue weighted by Crippen LogP contribution is 2.22. The highest BCUT2D eigenvalue weighted by Gasteiger charge is 2.47. The number of aliphatic hydroxyl groups is 3. The van der Waals surface area contributed by atoms with Crippen LogP contribution in [0, 0.1) is 0 Å². The van der Waals surface area contributed by atoms with Crippen LogP contribution in [0.15, 0.2) is 0 Å². The molecule has 1 fully saturated rings. The molecule has 1 rings (SSSR count). The second-order valence-corrected chi connectivity index (χ2v) is 3.65. The summed E-state index contributed by atoms with van der Waals surface area (Å²) < 4.78 is 38.5. The standard InChI is InChI=1S/C10H16O9/c11-4(12)2-1-3-18-10-7(15)5(13)6(14)8(19-10)9(16)17/h5-8,10,13-15H,1-3H2,(H,11,12)(H,16,17)/t5-,6-,7+,8-,10+/m0/s1/i1D2,2D2. The van der Waals surface area contributed by atoms with Gasteiger partial charge in [0.15, 0.2) is 12.4 Å². The van der Waals surface area contributed by atoms with Gasteiger partial charge in [-0.25, -0.2) is 4.79 Å². The molecule has 0 unspecified atom stereocenters. The molecule has 9 nitrogen and oxygen atoms in total. The maximum atomic E-state index is 10.9. The second kappa shape index (κ2) is 6.78. The third-order valence-electron chi connectivity index (χ3n) is 2.33. The van der Waals surface area contributed by atoms with Gasteiger partial charge in [-0.05, 0) is 6.37 Å². The molecule has 1 aliphatic heterocycles. The van der Waals surface area contributed by atoms with Crippen LogP contribution in [-0.2, 0) is 19.1 Å². The van der Waals surface area contributed by atoms with Crippen LogP contribution in [0.2, 0.25) is 0 Å². The third-order valence-corrected chi connectivity index (χ3v) is 2.33. The van der Waals surface area contributed by atoms with Crippen LogP contribution < -0.4 is 0 Å². The summed E-state index contributed by atoms with van der Waals surface area (Å²) in [6, 6.07) is 0. The molecule has 0 radical (unpaired) electrons. The van der Waals surface area contributed by atoms with Crippen molar-refractivity contribution in [3.63, 3.8) is 0 Å². The first-order valence-electron chi connectivity index (χ1n) is 7.10. The first-order chi connectivity index (χ1) is 10.3. The zero-order chi connectivity index (χ0) is 18.2. The molecule has 1 saturated heterocycles. The van der Waals surface area contributed by atoms with Crippen LogP contribution in [-0.4, -0.2) is 74.8 Å². The molecule has 1 aliphatic rings. The summed E-state index contributed by atoms with van der Waals surface area (Å²) >= 11 is 0. The predicted molar refractivity (Wildman–Crippen MR) is 57.1 cm³/mol. The van der Waals surface area contributed by atoms with E-state index >= 15 is 0 Å². The lowest BCUT2D eigenvalue weighted by Crippen LogP contribution is -2.60.